The molecule has 2 aromatic carbocycles. The number of halogens is 2. The molecule has 8 heteroatoms. The molecule has 134 valence electrons. The summed E-state index contributed by atoms with van der Waals surface area (Å²) < 4.78 is 27.6. The van der Waals surface area contributed by atoms with Crippen LogP contribution >= 0.6 is 11.8 Å². The summed E-state index contributed by atoms with van der Waals surface area (Å²) in [6.45, 7) is 0. The van der Waals surface area contributed by atoms with Crippen LogP contribution in [0.15, 0.2) is 65.8 Å². The van der Waals surface area contributed by atoms with Gasteiger partial charge < -0.3 is 0 Å². The lowest BCUT2D eigenvalue weighted by Crippen LogP contribution is -2.04. The molecule has 0 atom stereocenters. The molecule has 2 heterocycles. The third kappa shape index (κ3) is 3.70. The Morgan fingerprint density at radius 2 is 1.56 bits per heavy atom. The number of aromatic nitrogens is 4. The molecule has 4 rings (SSSR count). The molecule has 0 bridgehead atoms. The highest BCUT2D eigenvalue weighted by molar-refractivity contribution is 7.99. The van der Waals surface area contributed by atoms with Crippen LogP contribution in [-0.2, 0) is 0 Å². The number of carbonyl (C=O) groups excluding carboxylic acids is 1. The normalized spacial score (nSPS) is 11.0. The van der Waals surface area contributed by atoms with Crippen molar-refractivity contribution in [2.75, 3.05) is 5.75 Å². The molecule has 0 saturated heterocycles. The first-order valence-corrected chi connectivity index (χ1v) is 8.99. The molecule has 4 aromatic rings. The average molecular weight is 382 g/mol. The molecular weight excluding hydrogens is 370 g/mol. The van der Waals surface area contributed by atoms with E-state index in [4.69, 9.17) is 0 Å². The Morgan fingerprint density at radius 3 is 2.26 bits per heavy atom. The summed E-state index contributed by atoms with van der Waals surface area (Å²) in [5.41, 5.74) is 2.36. The zero-order chi connectivity index (χ0) is 18.8. The average Bonchev–Trinajstić information content (AvgIpc) is 3.09. The van der Waals surface area contributed by atoms with Crippen LogP contribution in [0.25, 0.3) is 16.9 Å². The Morgan fingerprint density at radius 1 is 0.889 bits per heavy atom. The summed E-state index contributed by atoms with van der Waals surface area (Å²) in [7, 11) is 0. The topological polar surface area (TPSA) is 60.2 Å². The first-order valence-electron chi connectivity index (χ1n) is 8.00. The summed E-state index contributed by atoms with van der Waals surface area (Å²) in [5, 5.41) is 13.1. The standard InChI is InChI=1S/C19H12F2N4OS/c20-14-5-1-12(2-6-14)16-9-10-18-22-23-19(25(18)24-16)27-11-17(26)13-3-7-15(21)8-4-13/h1-10H,11H2. The second kappa shape index (κ2) is 7.24. The fraction of sp³-hybridized carbons (Fsp3) is 0.0526. The molecule has 0 spiro atoms. The number of fused-ring (bicyclic) bond motifs is 1. The number of rotatable bonds is 5. The number of nitrogens with zero attached hydrogens (tertiary/aromatic N) is 4. The van der Waals surface area contributed by atoms with E-state index < -0.39 is 0 Å². The van der Waals surface area contributed by atoms with Crippen molar-refractivity contribution in [2.45, 2.75) is 5.16 Å². The number of thioether (sulfide) groups is 1. The van der Waals surface area contributed by atoms with Crippen molar-refractivity contribution in [3.8, 4) is 11.3 Å². The minimum Gasteiger partial charge on any atom is -0.293 e. The van der Waals surface area contributed by atoms with Gasteiger partial charge in [-0.15, -0.1) is 10.2 Å². The number of benzene rings is 2. The van der Waals surface area contributed by atoms with Crippen LogP contribution in [0.2, 0.25) is 0 Å². The number of hydrogen-bond acceptors (Lipinski definition) is 5. The maximum absolute atomic E-state index is 13.1. The maximum Gasteiger partial charge on any atom is 0.212 e. The van der Waals surface area contributed by atoms with Gasteiger partial charge in [0.25, 0.3) is 0 Å². The highest BCUT2D eigenvalue weighted by Crippen LogP contribution is 2.21. The SMILES string of the molecule is O=C(CSc1nnc2ccc(-c3ccc(F)cc3)nn12)c1ccc(F)cc1. The van der Waals surface area contributed by atoms with Crippen molar-refractivity contribution in [3.05, 3.63) is 77.9 Å². The Hall–Kier alpha value is -3.13. The molecule has 0 N–H and O–H groups in total. The third-order valence-electron chi connectivity index (χ3n) is 3.87. The van der Waals surface area contributed by atoms with Gasteiger partial charge in [-0.2, -0.15) is 9.61 Å². The summed E-state index contributed by atoms with van der Waals surface area (Å²) in [6, 6.07) is 14.9. The van der Waals surface area contributed by atoms with Gasteiger partial charge in [0.2, 0.25) is 5.16 Å². The largest absolute Gasteiger partial charge is 0.293 e. The first kappa shape index (κ1) is 17.3. The van der Waals surface area contributed by atoms with E-state index in [0.717, 1.165) is 5.56 Å². The van der Waals surface area contributed by atoms with Crippen molar-refractivity contribution in [1.82, 2.24) is 19.8 Å². The molecule has 5 nitrogen and oxygen atoms in total. The monoisotopic (exact) mass is 382 g/mol. The molecule has 0 radical (unpaired) electrons. The van der Waals surface area contributed by atoms with Crippen molar-refractivity contribution in [1.29, 1.82) is 0 Å². The van der Waals surface area contributed by atoms with Gasteiger partial charge in [-0.3, -0.25) is 4.79 Å². The van der Waals surface area contributed by atoms with Crippen LogP contribution in [0, 0.1) is 11.6 Å². The van der Waals surface area contributed by atoms with E-state index >= 15 is 0 Å². The number of hydrogen-bond donors (Lipinski definition) is 0. The number of carbonyl (C=O) groups is 1. The highest BCUT2D eigenvalue weighted by atomic mass is 32.2. The quantitative estimate of drug-likeness (QED) is 0.385. The van der Waals surface area contributed by atoms with Crippen molar-refractivity contribution < 1.29 is 13.6 Å². The third-order valence-corrected chi connectivity index (χ3v) is 4.79. The van der Waals surface area contributed by atoms with E-state index in [2.05, 4.69) is 15.3 Å². The van der Waals surface area contributed by atoms with Crippen LogP contribution < -0.4 is 0 Å². The van der Waals surface area contributed by atoms with Crippen molar-refractivity contribution >= 4 is 23.2 Å². The van der Waals surface area contributed by atoms with Gasteiger partial charge in [0.15, 0.2) is 11.4 Å². The fourth-order valence-corrected chi connectivity index (χ4v) is 3.27. The Labute approximate surface area is 157 Å². The highest BCUT2D eigenvalue weighted by Gasteiger charge is 2.13. The van der Waals surface area contributed by atoms with Crippen LogP contribution in [0.3, 0.4) is 0 Å². The Balaban J connectivity index is 1.56. The molecule has 27 heavy (non-hydrogen) atoms. The molecule has 0 aliphatic heterocycles. The predicted octanol–water partition coefficient (Wildman–Crippen LogP) is 4.04. The van der Waals surface area contributed by atoms with E-state index in [1.165, 1.54) is 48.2 Å². The lowest BCUT2D eigenvalue weighted by atomic mass is 10.1. The van der Waals surface area contributed by atoms with E-state index in [0.29, 0.717) is 22.1 Å². The van der Waals surface area contributed by atoms with Gasteiger partial charge >= 0.3 is 0 Å². The minimum atomic E-state index is -0.389. The molecule has 0 aliphatic rings. The molecule has 0 aliphatic carbocycles. The van der Waals surface area contributed by atoms with E-state index in [1.807, 2.05) is 0 Å². The minimum absolute atomic E-state index is 0.120. The number of ketones is 1. The van der Waals surface area contributed by atoms with E-state index in [9.17, 15) is 13.6 Å². The lowest BCUT2D eigenvalue weighted by molar-refractivity contribution is 0.102. The number of Topliss-reactive ketones (excluding diaryl/α,β-unsaturated/α-hetero) is 1. The van der Waals surface area contributed by atoms with E-state index in [-0.39, 0.29) is 23.2 Å². The van der Waals surface area contributed by atoms with Crippen LogP contribution in [0.1, 0.15) is 10.4 Å². The van der Waals surface area contributed by atoms with Crippen LogP contribution in [0.4, 0.5) is 8.78 Å². The molecule has 0 amide bonds. The zero-order valence-electron chi connectivity index (χ0n) is 13.8. The molecule has 0 saturated carbocycles. The summed E-state index contributed by atoms with van der Waals surface area (Å²) in [6.07, 6.45) is 0. The Kier molecular flexibility index (Phi) is 4.64. The predicted molar refractivity (Wildman–Crippen MR) is 97.6 cm³/mol. The second-order valence-electron chi connectivity index (χ2n) is 5.70. The van der Waals surface area contributed by atoms with Gasteiger partial charge in [-0.05, 0) is 60.7 Å². The zero-order valence-corrected chi connectivity index (χ0v) is 14.7. The van der Waals surface area contributed by atoms with E-state index in [1.54, 1.807) is 28.8 Å². The summed E-state index contributed by atoms with van der Waals surface area (Å²) in [4.78, 5) is 12.3. The molecular formula is C19H12F2N4OS. The van der Waals surface area contributed by atoms with Gasteiger partial charge in [-0.1, -0.05) is 11.8 Å². The summed E-state index contributed by atoms with van der Waals surface area (Å²) in [5.74, 6) is -0.735. The second-order valence-corrected chi connectivity index (χ2v) is 6.64. The first-order chi connectivity index (χ1) is 13.1. The van der Waals surface area contributed by atoms with Crippen molar-refractivity contribution in [3.63, 3.8) is 0 Å². The van der Waals surface area contributed by atoms with Gasteiger partial charge in [0, 0.05) is 11.1 Å². The van der Waals surface area contributed by atoms with Gasteiger partial charge in [0.1, 0.15) is 11.6 Å². The van der Waals surface area contributed by atoms with Crippen molar-refractivity contribution in [2.24, 2.45) is 0 Å². The molecule has 0 fully saturated rings. The maximum atomic E-state index is 13.1. The summed E-state index contributed by atoms with van der Waals surface area (Å²) >= 11 is 1.19. The van der Waals surface area contributed by atoms with Gasteiger partial charge in [0.05, 0.1) is 11.4 Å². The lowest BCUT2D eigenvalue weighted by Gasteiger charge is -2.03. The Bertz CT molecular complexity index is 1110. The fourth-order valence-electron chi connectivity index (χ4n) is 2.48. The molecule has 2 aromatic heterocycles. The van der Waals surface area contributed by atoms with Gasteiger partial charge in [-0.25, -0.2) is 8.78 Å². The van der Waals surface area contributed by atoms with Crippen LogP contribution in [-0.4, -0.2) is 31.3 Å². The molecule has 0 unspecified atom stereocenters. The smallest absolute Gasteiger partial charge is 0.212 e. The van der Waals surface area contributed by atoms with Crippen LogP contribution in [0.5, 0.6) is 0 Å².